The molecule has 0 aromatic rings. The molecule has 0 fully saturated rings. The summed E-state index contributed by atoms with van der Waals surface area (Å²) in [4.78, 5) is 45.0. The van der Waals surface area contributed by atoms with Gasteiger partial charge in [-0.05, 0) is 77.0 Å². The zero-order valence-electron chi connectivity index (χ0n) is 31.7. The molecule has 4 unspecified atom stereocenters. The van der Waals surface area contributed by atoms with Crippen molar-refractivity contribution in [3.8, 4) is 0 Å². The van der Waals surface area contributed by atoms with Crippen LogP contribution in [0.2, 0.25) is 0 Å². The molecule has 9 heteroatoms. The van der Waals surface area contributed by atoms with Gasteiger partial charge >= 0.3 is 49.7 Å². The Morgan fingerprint density at radius 3 is 1.06 bits per heavy atom. The third-order valence-electron chi connectivity index (χ3n) is 9.35. The molecule has 0 aromatic carbocycles. The van der Waals surface area contributed by atoms with Crippen LogP contribution in [0.25, 0.3) is 0 Å². The molecule has 4 atom stereocenters. The number of rotatable bonds is 28. The summed E-state index contributed by atoms with van der Waals surface area (Å²) in [7, 11) is 0. The van der Waals surface area contributed by atoms with Gasteiger partial charge in [0.05, 0.1) is 24.8 Å². The minimum atomic E-state index is -1.37. The predicted octanol–water partition coefficient (Wildman–Crippen LogP) is 7.63. The predicted molar refractivity (Wildman–Crippen MR) is 187 cm³/mol. The molecule has 0 aliphatic heterocycles. The molecule has 272 valence electrons. The smallest absolute Gasteiger partial charge is 0.550 e. The molecule has 0 heterocycles. The van der Waals surface area contributed by atoms with Gasteiger partial charge in [0.15, 0.2) is 0 Å². The molecule has 0 saturated heterocycles. The summed E-state index contributed by atoms with van der Waals surface area (Å²) < 4.78 is 11.3. The van der Waals surface area contributed by atoms with Gasteiger partial charge in [0, 0.05) is 0 Å². The van der Waals surface area contributed by atoms with Crippen molar-refractivity contribution in [3.05, 3.63) is 0 Å². The van der Waals surface area contributed by atoms with E-state index < -0.39 is 47.9 Å². The van der Waals surface area contributed by atoms with E-state index in [0.717, 1.165) is 103 Å². The van der Waals surface area contributed by atoms with Gasteiger partial charge < -0.3 is 29.3 Å². The first kappa shape index (κ1) is 50.5. The van der Waals surface area contributed by atoms with Crippen LogP contribution in [-0.2, 0) is 28.7 Å². The number of hydrogen-bond acceptors (Lipinski definition) is 8. The number of carboxylic acids is 2. The van der Waals surface area contributed by atoms with Crippen LogP contribution in [0.3, 0.4) is 0 Å². The van der Waals surface area contributed by atoms with E-state index in [1.54, 1.807) is 0 Å². The molecule has 0 amide bonds. The van der Waals surface area contributed by atoms with Crippen molar-refractivity contribution in [2.75, 3.05) is 0 Å². The van der Waals surface area contributed by atoms with Gasteiger partial charge in [0.1, 0.15) is 11.2 Å². The van der Waals surface area contributed by atoms with E-state index in [2.05, 4.69) is 41.5 Å². The molecular weight excluding hydrogens is 624 g/mol. The molecule has 47 heavy (non-hydrogen) atoms. The summed E-state index contributed by atoms with van der Waals surface area (Å²) in [5, 5.41) is 21.3. The zero-order chi connectivity index (χ0) is 35.4. The first-order chi connectivity index (χ1) is 21.8. The Balaban J connectivity index is -0.000000807. The average molecular weight is 695 g/mol. The van der Waals surface area contributed by atoms with E-state index in [1.165, 1.54) is 25.7 Å². The second-order valence-corrected chi connectivity index (χ2v) is 13.5. The fourth-order valence-electron chi connectivity index (χ4n) is 6.47. The second kappa shape index (κ2) is 31.1. The second-order valence-electron chi connectivity index (χ2n) is 13.5. The molecule has 0 aromatic heterocycles. The molecule has 0 aliphatic carbocycles. The molecule has 0 rings (SSSR count). The number of ether oxygens (including phenoxy) is 2. The fourth-order valence-corrected chi connectivity index (χ4v) is 6.47. The van der Waals surface area contributed by atoms with E-state index in [9.17, 15) is 29.4 Å². The summed E-state index contributed by atoms with van der Waals surface area (Å²) in [6, 6.07) is 0. The van der Waals surface area contributed by atoms with Gasteiger partial charge in [-0.15, -0.1) is 0 Å². The van der Waals surface area contributed by atoms with Gasteiger partial charge in [-0.3, -0.25) is 9.59 Å². The van der Waals surface area contributed by atoms with Crippen molar-refractivity contribution < 1.29 is 38.9 Å². The van der Waals surface area contributed by atoms with Crippen LogP contribution in [0.4, 0.5) is 0 Å². The van der Waals surface area contributed by atoms with Gasteiger partial charge in [-0.1, -0.05) is 119 Å². The van der Waals surface area contributed by atoms with Crippen LogP contribution in [0.15, 0.2) is 0 Å². The normalized spacial score (nSPS) is 14.6. The van der Waals surface area contributed by atoms with E-state index in [4.69, 9.17) is 9.47 Å². The molecule has 0 aliphatic rings. The molecule has 0 radical (unpaired) electrons. The van der Waals surface area contributed by atoms with E-state index in [-0.39, 0.29) is 49.6 Å². The summed E-state index contributed by atoms with van der Waals surface area (Å²) in [5.74, 6) is -3.53. The minimum Gasteiger partial charge on any atom is -0.550 e. The average Bonchev–Trinajstić information content (AvgIpc) is 2.97. The Morgan fingerprint density at radius 1 is 0.511 bits per heavy atom. The Labute approximate surface area is 318 Å². The summed E-state index contributed by atoms with van der Waals surface area (Å²) in [6.07, 6.45) is 20.1. The van der Waals surface area contributed by atoms with Crippen molar-refractivity contribution in [1.82, 2.24) is 0 Å². The third kappa shape index (κ3) is 25.7. The first-order valence-electron chi connectivity index (χ1n) is 18.6. The maximum atomic E-state index is 11.9. The van der Waals surface area contributed by atoms with Gasteiger partial charge in [0.2, 0.25) is 0 Å². The summed E-state index contributed by atoms with van der Waals surface area (Å²) in [5.41, 5.74) is -1.13. The van der Waals surface area contributed by atoms with Crippen molar-refractivity contribution in [1.29, 1.82) is 0 Å². The fraction of sp³-hybridized carbons (Fsp3) is 0.895. The molecule has 8 nitrogen and oxygen atoms in total. The zero-order valence-corrected chi connectivity index (χ0v) is 33.9. The Morgan fingerprint density at radius 2 is 0.809 bits per heavy atom. The summed E-state index contributed by atoms with van der Waals surface area (Å²) >= 11 is 0. The third-order valence-corrected chi connectivity index (χ3v) is 9.35. The van der Waals surface area contributed by atoms with Crippen molar-refractivity contribution >= 4 is 61.6 Å². The number of aliphatic carboxylic acids is 2. The van der Waals surface area contributed by atoms with Crippen LogP contribution in [0, 0.1) is 11.8 Å². The topological polar surface area (TPSA) is 133 Å². The monoisotopic (exact) mass is 694 g/mol. The number of esters is 2. The van der Waals surface area contributed by atoms with E-state index >= 15 is 0 Å². The quantitative estimate of drug-likeness (QED) is 0.0353. The molecule has 0 N–H and O–H groups in total. The van der Waals surface area contributed by atoms with Crippen molar-refractivity contribution in [3.63, 3.8) is 0 Å². The number of carbonyl (C=O) groups is 4. The number of hydrogen-bond donors (Lipinski definition) is 0. The van der Waals surface area contributed by atoms with Crippen LogP contribution in [0.1, 0.15) is 197 Å². The summed E-state index contributed by atoms with van der Waals surface area (Å²) in [6.45, 7) is 16.9. The SMILES string of the molecule is CCCCCCC(C)(OC(=O)CC(=O)[O-])C(CC)CCCCC.CCCCCCC(C)(OC(=O)CC(=O)[O-])C(CC)CCCCC.[Ca+2]. The Bertz CT molecular complexity index is 754. The molecule has 0 spiro atoms. The largest absolute Gasteiger partial charge is 2.00 e. The molecule has 0 bridgehead atoms. The van der Waals surface area contributed by atoms with Crippen molar-refractivity contribution in [2.24, 2.45) is 11.8 Å². The van der Waals surface area contributed by atoms with E-state index in [1.807, 2.05) is 13.8 Å². The van der Waals surface area contributed by atoms with Gasteiger partial charge in [-0.25, -0.2) is 0 Å². The number of carbonyl (C=O) groups excluding carboxylic acids is 4. The first-order valence-corrected chi connectivity index (χ1v) is 18.6. The maximum absolute atomic E-state index is 11.9. The van der Waals surface area contributed by atoms with Crippen LogP contribution in [-0.4, -0.2) is 72.8 Å². The van der Waals surface area contributed by atoms with Crippen LogP contribution < -0.4 is 10.2 Å². The van der Waals surface area contributed by atoms with Crippen LogP contribution >= 0.6 is 0 Å². The standard InChI is InChI=1S/2C19H36O4.Ca/c2*1-5-8-10-12-14-19(4,23-18(22)15-17(20)21)16(7-3)13-11-9-6-2;/h2*16H,5-15H2,1-4H3,(H,20,21);/q;;+2/p-2. The number of carboxylic acid groups (broad SMARTS) is 2. The van der Waals surface area contributed by atoms with E-state index in [0.29, 0.717) is 0 Å². The van der Waals surface area contributed by atoms with Crippen molar-refractivity contribution in [2.45, 2.75) is 208 Å². The molecular formula is C38H70CaO8. The Kier molecular flexibility index (Phi) is 33.5. The van der Waals surface area contributed by atoms with Gasteiger partial charge in [0.25, 0.3) is 0 Å². The minimum absolute atomic E-state index is 0. The molecule has 0 saturated carbocycles. The van der Waals surface area contributed by atoms with Crippen LogP contribution in [0.5, 0.6) is 0 Å². The number of unbranched alkanes of at least 4 members (excludes halogenated alkanes) is 10. The Hall–Kier alpha value is -0.860. The maximum Gasteiger partial charge on any atom is 2.00 e. The van der Waals surface area contributed by atoms with Gasteiger partial charge in [-0.2, -0.15) is 0 Å².